The molecule has 1 amide bonds. The second kappa shape index (κ2) is 6.60. The van der Waals surface area contributed by atoms with Gasteiger partial charge in [0.1, 0.15) is 0 Å². The van der Waals surface area contributed by atoms with Gasteiger partial charge in [0.2, 0.25) is 5.91 Å². The molecule has 1 fully saturated rings. The summed E-state index contributed by atoms with van der Waals surface area (Å²) in [6, 6.07) is 5.29. The van der Waals surface area contributed by atoms with Crippen LogP contribution in [0.5, 0.6) is 0 Å². The van der Waals surface area contributed by atoms with Crippen LogP contribution < -0.4 is 11.1 Å². The van der Waals surface area contributed by atoms with E-state index in [4.69, 9.17) is 28.9 Å². The fourth-order valence-corrected chi connectivity index (χ4v) is 3.12. The summed E-state index contributed by atoms with van der Waals surface area (Å²) in [4.78, 5) is 12.1. The summed E-state index contributed by atoms with van der Waals surface area (Å²) in [5.41, 5.74) is 6.57. The van der Waals surface area contributed by atoms with E-state index in [1.807, 2.05) is 6.07 Å². The highest BCUT2D eigenvalue weighted by atomic mass is 35.5. The molecule has 0 aromatic heterocycles. The van der Waals surface area contributed by atoms with E-state index in [-0.39, 0.29) is 11.8 Å². The predicted octanol–water partition coefficient (Wildman–Crippen LogP) is 2.98. The molecule has 0 unspecified atom stereocenters. The smallest absolute Gasteiger partial charge is 0.223 e. The molecule has 0 heterocycles. The fraction of sp³-hybridized carbons (Fsp3) is 0.500. The Morgan fingerprint density at radius 2 is 2.16 bits per heavy atom. The highest BCUT2D eigenvalue weighted by Gasteiger charge is 2.31. The van der Waals surface area contributed by atoms with Crippen LogP contribution in [0.25, 0.3) is 0 Å². The number of hydrogen-bond acceptors (Lipinski definition) is 2. The van der Waals surface area contributed by atoms with Crippen molar-refractivity contribution >= 4 is 29.1 Å². The van der Waals surface area contributed by atoms with Crippen molar-refractivity contribution in [1.82, 2.24) is 5.32 Å². The van der Waals surface area contributed by atoms with Crippen LogP contribution in [0.3, 0.4) is 0 Å². The van der Waals surface area contributed by atoms with Gasteiger partial charge in [-0.15, -0.1) is 0 Å². The summed E-state index contributed by atoms with van der Waals surface area (Å²) in [6.45, 7) is 1.02. The Kier molecular flexibility index (Phi) is 5.08. The molecule has 104 valence electrons. The summed E-state index contributed by atoms with van der Waals surface area (Å²) in [7, 11) is 0. The third kappa shape index (κ3) is 3.62. The van der Waals surface area contributed by atoms with Crippen molar-refractivity contribution in [2.45, 2.75) is 25.8 Å². The maximum absolute atomic E-state index is 12.1. The topological polar surface area (TPSA) is 55.1 Å². The largest absolute Gasteiger partial charge is 0.352 e. The van der Waals surface area contributed by atoms with Gasteiger partial charge in [-0.25, -0.2) is 0 Å². The Bertz CT molecular complexity index is 465. The zero-order chi connectivity index (χ0) is 13.8. The maximum Gasteiger partial charge on any atom is 0.223 e. The molecular formula is C14H18Cl2N2O. The summed E-state index contributed by atoms with van der Waals surface area (Å²) in [5, 5.41) is 4.12. The van der Waals surface area contributed by atoms with Gasteiger partial charge in [-0.05, 0) is 43.0 Å². The number of benzene rings is 1. The normalized spacial score (nSPS) is 22.5. The second-order valence-corrected chi connectivity index (χ2v) is 5.83. The van der Waals surface area contributed by atoms with E-state index < -0.39 is 0 Å². The average Bonchev–Trinajstić information content (AvgIpc) is 2.85. The summed E-state index contributed by atoms with van der Waals surface area (Å²) >= 11 is 11.9. The minimum atomic E-state index is 0.0519. The van der Waals surface area contributed by atoms with Gasteiger partial charge in [-0.3, -0.25) is 4.79 Å². The SMILES string of the molecule is NC[C@H]1CCC[C@H]1C(=O)NCc1ccc(Cl)cc1Cl. The maximum atomic E-state index is 12.1. The highest BCUT2D eigenvalue weighted by molar-refractivity contribution is 6.35. The zero-order valence-electron chi connectivity index (χ0n) is 10.7. The van der Waals surface area contributed by atoms with Crippen molar-refractivity contribution in [2.24, 2.45) is 17.6 Å². The molecule has 1 aromatic rings. The molecule has 0 spiro atoms. The molecule has 2 rings (SSSR count). The predicted molar refractivity (Wildman–Crippen MR) is 78.2 cm³/mol. The molecule has 0 bridgehead atoms. The monoisotopic (exact) mass is 300 g/mol. The van der Waals surface area contributed by atoms with E-state index in [0.717, 1.165) is 24.8 Å². The average molecular weight is 301 g/mol. The molecule has 19 heavy (non-hydrogen) atoms. The number of nitrogens with two attached hydrogens (primary N) is 1. The fourth-order valence-electron chi connectivity index (χ4n) is 2.64. The van der Waals surface area contributed by atoms with Crippen molar-refractivity contribution in [3.63, 3.8) is 0 Å². The molecular weight excluding hydrogens is 283 g/mol. The number of amides is 1. The lowest BCUT2D eigenvalue weighted by molar-refractivity contribution is -0.126. The lowest BCUT2D eigenvalue weighted by Gasteiger charge is -2.17. The first-order chi connectivity index (χ1) is 9.11. The molecule has 5 heteroatoms. The van der Waals surface area contributed by atoms with Gasteiger partial charge in [0, 0.05) is 22.5 Å². The standard InChI is InChI=1S/C14H18Cl2N2O/c15-11-5-4-10(13(16)6-11)8-18-14(19)12-3-1-2-9(12)7-17/h4-6,9,12H,1-3,7-8,17H2,(H,18,19)/t9-,12-/m1/s1. The lowest BCUT2D eigenvalue weighted by atomic mass is 9.95. The first-order valence-electron chi connectivity index (χ1n) is 6.53. The zero-order valence-corrected chi connectivity index (χ0v) is 12.2. The molecule has 0 radical (unpaired) electrons. The van der Waals surface area contributed by atoms with Gasteiger partial charge in [0.25, 0.3) is 0 Å². The number of rotatable bonds is 4. The molecule has 1 aliphatic carbocycles. The minimum absolute atomic E-state index is 0.0519. The van der Waals surface area contributed by atoms with E-state index in [9.17, 15) is 4.79 Å². The van der Waals surface area contributed by atoms with Crippen LogP contribution in [0.1, 0.15) is 24.8 Å². The Morgan fingerprint density at radius 3 is 2.84 bits per heavy atom. The van der Waals surface area contributed by atoms with Crippen LogP contribution in [-0.2, 0) is 11.3 Å². The summed E-state index contributed by atoms with van der Waals surface area (Å²) in [6.07, 6.45) is 3.07. The number of nitrogens with one attached hydrogen (secondary N) is 1. The lowest BCUT2D eigenvalue weighted by Crippen LogP contribution is -2.34. The van der Waals surface area contributed by atoms with Gasteiger partial charge < -0.3 is 11.1 Å². The first kappa shape index (κ1) is 14.6. The summed E-state index contributed by atoms with van der Waals surface area (Å²) < 4.78 is 0. The van der Waals surface area contributed by atoms with Crippen molar-refractivity contribution in [1.29, 1.82) is 0 Å². The van der Waals surface area contributed by atoms with E-state index in [1.165, 1.54) is 0 Å². The number of carbonyl (C=O) groups is 1. The van der Waals surface area contributed by atoms with Gasteiger partial charge in [0.15, 0.2) is 0 Å². The van der Waals surface area contributed by atoms with Gasteiger partial charge in [-0.1, -0.05) is 35.7 Å². The second-order valence-electron chi connectivity index (χ2n) is 4.99. The van der Waals surface area contributed by atoms with Gasteiger partial charge in [-0.2, -0.15) is 0 Å². The van der Waals surface area contributed by atoms with Crippen molar-refractivity contribution in [3.8, 4) is 0 Å². The molecule has 3 N–H and O–H groups in total. The van der Waals surface area contributed by atoms with Crippen LogP contribution >= 0.6 is 23.2 Å². The Labute approximate surface area is 123 Å². The Balaban J connectivity index is 1.93. The number of halogens is 2. The number of hydrogen-bond donors (Lipinski definition) is 2. The van der Waals surface area contributed by atoms with Crippen LogP contribution in [0.2, 0.25) is 10.0 Å². The van der Waals surface area contributed by atoms with E-state index in [0.29, 0.717) is 29.1 Å². The van der Waals surface area contributed by atoms with E-state index in [2.05, 4.69) is 5.32 Å². The van der Waals surface area contributed by atoms with Gasteiger partial charge >= 0.3 is 0 Å². The van der Waals surface area contributed by atoms with Crippen LogP contribution in [0, 0.1) is 11.8 Å². The third-order valence-electron chi connectivity index (χ3n) is 3.77. The molecule has 0 saturated heterocycles. The van der Waals surface area contributed by atoms with Crippen molar-refractivity contribution < 1.29 is 4.79 Å². The van der Waals surface area contributed by atoms with E-state index >= 15 is 0 Å². The minimum Gasteiger partial charge on any atom is -0.352 e. The molecule has 1 saturated carbocycles. The van der Waals surface area contributed by atoms with Crippen LogP contribution in [0.4, 0.5) is 0 Å². The Hall–Kier alpha value is -0.770. The Morgan fingerprint density at radius 1 is 1.37 bits per heavy atom. The molecule has 2 atom stereocenters. The molecule has 3 nitrogen and oxygen atoms in total. The molecule has 0 aliphatic heterocycles. The summed E-state index contributed by atoms with van der Waals surface area (Å²) in [5.74, 6) is 0.454. The molecule has 1 aromatic carbocycles. The molecule has 1 aliphatic rings. The first-order valence-corrected chi connectivity index (χ1v) is 7.29. The van der Waals surface area contributed by atoms with Crippen molar-refractivity contribution in [3.05, 3.63) is 33.8 Å². The van der Waals surface area contributed by atoms with Crippen LogP contribution in [-0.4, -0.2) is 12.5 Å². The number of carbonyl (C=O) groups excluding carboxylic acids is 1. The van der Waals surface area contributed by atoms with Gasteiger partial charge in [0.05, 0.1) is 0 Å². The van der Waals surface area contributed by atoms with Crippen LogP contribution in [0.15, 0.2) is 18.2 Å². The third-order valence-corrected chi connectivity index (χ3v) is 4.35. The highest BCUT2D eigenvalue weighted by Crippen LogP contribution is 2.31. The quantitative estimate of drug-likeness (QED) is 0.898. The van der Waals surface area contributed by atoms with E-state index in [1.54, 1.807) is 12.1 Å². The van der Waals surface area contributed by atoms with Crippen molar-refractivity contribution in [2.75, 3.05) is 6.54 Å².